The summed E-state index contributed by atoms with van der Waals surface area (Å²) in [6, 6.07) is 0.0934. The maximum Gasteiger partial charge on any atom is 0.407 e. The first-order valence-electron chi connectivity index (χ1n) is 3.81. The highest BCUT2D eigenvalue weighted by atomic mass is 19.4. The van der Waals surface area contributed by atoms with E-state index in [1.165, 1.54) is 7.05 Å². The van der Waals surface area contributed by atoms with Gasteiger partial charge in [-0.05, 0) is 5.56 Å². The van der Waals surface area contributed by atoms with E-state index in [-0.39, 0.29) is 11.1 Å². The predicted octanol–water partition coefficient (Wildman–Crippen LogP) is 0.947. The Morgan fingerprint density at radius 3 is 2.43 bits per heavy atom. The SMILES string of the molecule is Cn1cc(C(N)C(F)(F)F)ccc1=O. The van der Waals surface area contributed by atoms with Crippen LogP contribution < -0.4 is 11.3 Å². The number of alkyl halides is 3. The Bertz CT molecular complexity index is 383. The number of rotatable bonds is 1. The second-order valence-corrected chi connectivity index (χ2v) is 2.93. The summed E-state index contributed by atoms with van der Waals surface area (Å²) in [7, 11) is 1.37. The van der Waals surface area contributed by atoms with Crippen LogP contribution in [0.5, 0.6) is 0 Å². The molecule has 1 unspecified atom stereocenters. The van der Waals surface area contributed by atoms with E-state index in [9.17, 15) is 18.0 Å². The highest BCUT2D eigenvalue weighted by molar-refractivity contribution is 5.15. The average Bonchev–Trinajstić information content (AvgIpc) is 2.07. The first-order valence-corrected chi connectivity index (χ1v) is 3.81. The zero-order valence-electron chi connectivity index (χ0n) is 7.38. The summed E-state index contributed by atoms with van der Waals surface area (Å²) in [5.41, 5.74) is 4.45. The van der Waals surface area contributed by atoms with E-state index in [4.69, 9.17) is 5.73 Å². The molecule has 78 valence electrons. The summed E-state index contributed by atoms with van der Waals surface area (Å²) < 4.78 is 37.5. The zero-order valence-corrected chi connectivity index (χ0v) is 7.38. The standard InChI is InChI=1S/C8H9F3N2O/c1-13-4-5(2-3-6(13)14)7(12)8(9,10)11/h2-4,7H,12H2,1H3. The maximum absolute atomic E-state index is 12.2. The number of nitrogens with two attached hydrogens (primary N) is 1. The van der Waals surface area contributed by atoms with Gasteiger partial charge in [-0.3, -0.25) is 4.79 Å². The van der Waals surface area contributed by atoms with Crippen molar-refractivity contribution in [1.82, 2.24) is 4.57 Å². The molecule has 6 heteroatoms. The largest absolute Gasteiger partial charge is 0.407 e. The van der Waals surface area contributed by atoms with Crippen molar-refractivity contribution < 1.29 is 13.2 Å². The fourth-order valence-electron chi connectivity index (χ4n) is 0.988. The summed E-state index contributed by atoms with van der Waals surface area (Å²) in [5, 5.41) is 0. The maximum atomic E-state index is 12.2. The van der Waals surface area contributed by atoms with Gasteiger partial charge in [0, 0.05) is 19.3 Å². The number of hydrogen-bond acceptors (Lipinski definition) is 2. The van der Waals surface area contributed by atoms with E-state index in [2.05, 4.69) is 0 Å². The van der Waals surface area contributed by atoms with E-state index in [1.54, 1.807) is 0 Å². The summed E-state index contributed by atoms with van der Waals surface area (Å²) in [6.07, 6.45) is -3.40. The molecule has 2 N–H and O–H groups in total. The first-order chi connectivity index (χ1) is 6.32. The van der Waals surface area contributed by atoms with Gasteiger partial charge in [0.1, 0.15) is 6.04 Å². The molecule has 0 saturated heterocycles. The number of halogens is 3. The van der Waals surface area contributed by atoms with Crippen molar-refractivity contribution in [3.8, 4) is 0 Å². The third-order valence-corrected chi connectivity index (χ3v) is 1.82. The Morgan fingerprint density at radius 1 is 1.43 bits per heavy atom. The average molecular weight is 206 g/mol. The third-order valence-electron chi connectivity index (χ3n) is 1.82. The van der Waals surface area contributed by atoms with Crippen LogP contribution in [-0.4, -0.2) is 10.7 Å². The Kier molecular flexibility index (Phi) is 2.66. The van der Waals surface area contributed by atoms with Gasteiger partial charge in [-0.1, -0.05) is 6.07 Å². The monoisotopic (exact) mass is 206 g/mol. The van der Waals surface area contributed by atoms with E-state index >= 15 is 0 Å². The molecule has 0 aliphatic heterocycles. The van der Waals surface area contributed by atoms with E-state index in [1.807, 2.05) is 0 Å². The molecular formula is C8H9F3N2O. The zero-order chi connectivity index (χ0) is 10.9. The molecule has 1 rings (SSSR count). The minimum absolute atomic E-state index is 0.125. The van der Waals surface area contributed by atoms with Gasteiger partial charge in [0.25, 0.3) is 0 Å². The van der Waals surface area contributed by atoms with Gasteiger partial charge in [-0.2, -0.15) is 13.2 Å². The van der Waals surface area contributed by atoms with Gasteiger partial charge >= 0.3 is 6.18 Å². The van der Waals surface area contributed by atoms with Crippen molar-refractivity contribution in [2.45, 2.75) is 12.2 Å². The summed E-state index contributed by atoms with van der Waals surface area (Å²) in [4.78, 5) is 10.9. The predicted molar refractivity (Wildman–Crippen MR) is 44.7 cm³/mol. The Balaban J connectivity index is 3.09. The molecule has 0 amide bonds. The van der Waals surface area contributed by atoms with E-state index < -0.39 is 12.2 Å². The van der Waals surface area contributed by atoms with E-state index in [0.29, 0.717) is 0 Å². The van der Waals surface area contributed by atoms with Crippen molar-refractivity contribution in [1.29, 1.82) is 0 Å². The Hall–Kier alpha value is -1.30. The first kappa shape index (κ1) is 10.8. The molecule has 3 nitrogen and oxygen atoms in total. The summed E-state index contributed by atoms with van der Waals surface area (Å²) in [6.45, 7) is 0. The van der Waals surface area contributed by atoms with Crippen LogP contribution in [-0.2, 0) is 7.05 Å². The molecule has 0 aromatic carbocycles. The van der Waals surface area contributed by atoms with Crippen molar-refractivity contribution in [2.75, 3.05) is 0 Å². The van der Waals surface area contributed by atoms with Gasteiger partial charge in [-0.15, -0.1) is 0 Å². The smallest absolute Gasteiger partial charge is 0.318 e. The normalized spacial score (nSPS) is 14.1. The van der Waals surface area contributed by atoms with Crippen LogP contribution in [0.4, 0.5) is 13.2 Å². The molecule has 0 fully saturated rings. The van der Waals surface area contributed by atoms with Gasteiger partial charge in [0.15, 0.2) is 0 Å². The van der Waals surface area contributed by atoms with Gasteiger partial charge in [0.05, 0.1) is 0 Å². The quantitative estimate of drug-likeness (QED) is 0.743. The molecule has 0 aliphatic carbocycles. The topological polar surface area (TPSA) is 48.0 Å². The second kappa shape index (κ2) is 3.45. The number of nitrogens with zero attached hydrogens (tertiary/aromatic N) is 1. The van der Waals surface area contributed by atoms with Crippen molar-refractivity contribution in [2.24, 2.45) is 12.8 Å². The van der Waals surface area contributed by atoms with Crippen molar-refractivity contribution in [3.05, 3.63) is 34.2 Å². The molecule has 0 bridgehead atoms. The van der Waals surface area contributed by atoms with E-state index in [0.717, 1.165) is 22.9 Å². The lowest BCUT2D eigenvalue weighted by molar-refractivity contribution is -0.149. The summed E-state index contributed by atoms with van der Waals surface area (Å²) in [5.74, 6) is 0. The number of aromatic nitrogens is 1. The highest BCUT2D eigenvalue weighted by Crippen LogP contribution is 2.29. The number of pyridine rings is 1. The van der Waals surface area contributed by atoms with Crippen LogP contribution in [0.3, 0.4) is 0 Å². The van der Waals surface area contributed by atoms with Crippen LogP contribution in [0.2, 0.25) is 0 Å². The lowest BCUT2D eigenvalue weighted by Gasteiger charge is -2.15. The highest BCUT2D eigenvalue weighted by Gasteiger charge is 2.37. The van der Waals surface area contributed by atoms with Crippen LogP contribution in [0.25, 0.3) is 0 Å². The molecule has 0 saturated carbocycles. The molecule has 0 radical (unpaired) electrons. The lowest BCUT2D eigenvalue weighted by atomic mass is 10.1. The molecule has 0 spiro atoms. The van der Waals surface area contributed by atoms with Gasteiger partial charge in [0.2, 0.25) is 5.56 Å². The minimum Gasteiger partial charge on any atom is -0.318 e. The minimum atomic E-state index is -4.49. The number of aryl methyl sites for hydroxylation is 1. The third kappa shape index (κ3) is 2.14. The number of hydrogen-bond donors (Lipinski definition) is 1. The van der Waals surface area contributed by atoms with Crippen molar-refractivity contribution >= 4 is 0 Å². The molecule has 1 atom stereocenters. The summed E-state index contributed by atoms with van der Waals surface area (Å²) >= 11 is 0. The molecule has 1 aromatic rings. The van der Waals surface area contributed by atoms with Gasteiger partial charge in [-0.25, -0.2) is 0 Å². The molecular weight excluding hydrogens is 197 g/mol. The molecule has 14 heavy (non-hydrogen) atoms. The van der Waals surface area contributed by atoms with Crippen molar-refractivity contribution in [3.63, 3.8) is 0 Å². The fraction of sp³-hybridized carbons (Fsp3) is 0.375. The van der Waals surface area contributed by atoms with Crippen LogP contribution >= 0.6 is 0 Å². The Morgan fingerprint density at radius 2 is 2.00 bits per heavy atom. The molecule has 1 aromatic heterocycles. The molecule has 1 heterocycles. The van der Waals surface area contributed by atoms with Crippen LogP contribution in [0.15, 0.2) is 23.1 Å². The lowest BCUT2D eigenvalue weighted by Crippen LogP contribution is -2.30. The van der Waals surface area contributed by atoms with Crippen LogP contribution in [0, 0.1) is 0 Å². The van der Waals surface area contributed by atoms with Crippen LogP contribution in [0.1, 0.15) is 11.6 Å². The van der Waals surface area contributed by atoms with Gasteiger partial charge < -0.3 is 10.3 Å². The fourth-order valence-corrected chi connectivity index (χ4v) is 0.988. The Labute approximate surface area is 78.0 Å². The molecule has 0 aliphatic rings. The second-order valence-electron chi connectivity index (χ2n) is 2.93.